The molecule has 0 saturated carbocycles. The molecular weight excluding hydrogens is 496 g/mol. The topological polar surface area (TPSA) is 88.6 Å². The molecule has 0 radical (unpaired) electrons. The van der Waals surface area contributed by atoms with Crippen molar-refractivity contribution in [1.82, 2.24) is 0 Å². The van der Waals surface area contributed by atoms with Crippen LogP contribution in [0.15, 0.2) is 52.7 Å². The first-order valence-corrected chi connectivity index (χ1v) is 12.3. The Morgan fingerprint density at radius 1 is 1.06 bits per heavy atom. The van der Waals surface area contributed by atoms with Crippen LogP contribution in [0.2, 0.25) is 4.34 Å². The fourth-order valence-corrected chi connectivity index (χ4v) is 6.30. The average Bonchev–Trinajstić information content (AvgIpc) is 3.17. The number of Topliss-reactive ketones (excluding diaryl/α,β-unsaturated/α-hetero) is 1. The van der Waals surface area contributed by atoms with Gasteiger partial charge in [-0.25, -0.2) is 22.1 Å². The lowest BCUT2D eigenvalue weighted by atomic mass is 9.97. The third kappa shape index (κ3) is 4.73. The predicted molar refractivity (Wildman–Crippen MR) is 118 cm³/mol. The van der Waals surface area contributed by atoms with E-state index < -0.39 is 44.8 Å². The number of hydrogen-bond donors (Lipinski definition) is 0. The number of sulfone groups is 1. The van der Waals surface area contributed by atoms with E-state index in [0.717, 1.165) is 35.6 Å². The molecule has 11 heteroatoms. The second kappa shape index (κ2) is 8.77. The first-order chi connectivity index (χ1) is 15.5. The molecular formula is C22H14ClF2NO5S2. The summed E-state index contributed by atoms with van der Waals surface area (Å²) in [7, 11) is -3.88. The van der Waals surface area contributed by atoms with Gasteiger partial charge in [-0.15, -0.1) is 11.3 Å². The van der Waals surface area contributed by atoms with Crippen LogP contribution in [-0.2, 0) is 32.3 Å². The van der Waals surface area contributed by atoms with E-state index in [4.69, 9.17) is 11.6 Å². The summed E-state index contributed by atoms with van der Waals surface area (Å²) in [5, 5.41) is 0. The summed E-state index contributed by atoms with van der Waals surface area (Å²) >= 11 is 6.57. The molecule has 1 aliphatic rings. The Morgan fingerprint density at radius 2 is 1.82 bits per heavy atom. The van der Waals surface area contributed by atoms with Gasteiger partial charge in [0.25, 0.3) is 5.91 Å². The molecule has 0 unspecified atom stereocenters. The molecule has 2 amide bonds. The molecule has 1 aliphatic heterocycles. The molecule has 0 spiro atoms. The van der Waals surface area contributed by atoms with E-state index in [1.54, 1.807) is 0 Å². The molecule has 0 fully saturated rings. The van der Waals surface area contributed by atoms with E-state index in [1.807, 2.05) is 0 Å². The number of ketones is 1. The second-order valence-electron chi connectivity index (χ2n) is 7.33. The summed E-state index contributed by atoms with van der Waals surface area (Å²) in [6, 6.07) is 9.62. The normalized spacial score (nSPS) is 13.8. The number of anilines is 1. The SMILES string of the molecule is O=C(Cc1ccc(N2C(=O)Cc3ccc(F)cc3C2=O)c(F)c1)CS(=O)(=O)c1ccc(Cl)s1. The Bertz CT molecular complexity index is 1420. The number of halogens is 3. The van der Waals surface area contributed by atoms with Crippen molar-refractivity contribution in [3.05, 3.63) is 81.2 Å². The molecule has 33 heavy (non-hydrogen) atoms. The van der Waals surface area contributed by atoms with Crippen molar-refractivity contribution < 1.29 is 31.6 Å². The van der Waals surface area contributed by atoms with E-state index in [0.29, 0.717) is 10.5 Å². The standard InChI is InChI=1S/C22H14ClF2NO5S2/c23-19-5-6-21(32-19)33(30,31)11-15(27)7-12-1-4-18(17(25)8-12)26-20(28)9-13-2-3-14(24)10-16(13)22(26)29/h1-6,8,10H,7,9,11H2. The summed E-state index contributed by atoms with van der Waals surface area (Å²) in [5.74, 6) is -4.59. The Hall–Kier alpha value is -2.95. The Labute approximate surface area is 196 Å². The molecule has 2 heterocycles. The minimum absolute atomic E-state index is 0.0351. The lowest BCUT2D eigenvalue weighted by Crippen LogP contribution is -2.43. The molecule has 1 aromatic heterocycles. The van der Waals surface area contributed by atoms with Crippen molar-refractivity contribution >= 4 is 56.1 Å². The van der Waals surface area contributed by atoms with E-state index in [1.165, 1.54) is 24.3 Å². The first-order valence-electron chi connectivity index (χ1n) is 9.49. The van der Waals surface area contributed by atoms with E-state index in [2.05, 4.69) is 0 Å². The molecule has 0 bridgehead atoms. The predicted octanol–water partition coefficient (Wildman–Crippen LogP) is 3.99. The van der Waals surface area contributed by atoms with Crippen molar-refractivity contribution in [2.45, 2.75) is 17.1 Å². The van der Waals surface area contributed by atoms with Gasteiger partial charge in [0.1, 0.15) is 21.6 Å². The van der Waals surface area contributed by atoms with Gasteiger partial charge in [0.15, 0.2) is 15.6 Å². The average molecular weight is 510 g/mol. The highest BCUT2D eigenvalue weighted by Gasteiger charge is 2.34. The van der Waals surface area contributed by atoms with E-state index >= 15 is 0 Å². The highest BCUT2D eigenvalue weighted by Crippen LogP contribution is 2.29. The first kappa shape index (κ1) is 23.2. The van der Waals surface area contributed by atoms with Gasteiger partial charge in [0.2, 0.25) is 5.91 Å². The van der Waals surface area contributed by atoms with Crippen LogP contribution in [0.25, 0.3) is 0 Å². The van der Waals surface area contributed by atoms with Crippen molar-refractivity contribution in [3.8, 4) is 0 Å². The lowest BCUT2D eigenvalue weighted by Gasteiger charge is -2.27. The van der Waals surface area contributed by atoms with Gasteiger partial charge in [-0.2, -0.15) is 0 Å². The minimum Gasteiger partial charge on any atom is -0.298 e. The quantitative estimate of drug-likeness (QED) is 0.469. The van der Waals surface area contributed by atoms with Gasteiger partial charge in [0, 0.05) is 12.0 Å². The lowest BCUT2D eigenvalue weighted by molar-refractivity contribution is -0.118. The summed E-state index contributed by atoms with van der Waals surface area (Å²) in [5.41, 5.74) is 0.145. The van der Waals surface area contributed by atoms with Crippen LogP contribution >= 0.6 is 22.9 Å². The Balaban J connectivity index is 1.53. The number of thiophene rings is 1. The monoisotopic (exact) mass is 509 g/mol. The number of imide groups is 1. The molecule has 0 N–H and O–H groups in total. The molecule has 0 atom stereocenters. The van der Waals surface area contributed by atoms with Crippen LogP contribution < -0.4 is 4.90 Å². The Kier molecular flexibility index (Phi) is 6.17. The summed E-state index contributed by atoms with van der Waals surface area (Å²) in [4.78, 5) is 38.1. The third-order valence-corrected chi connectivity index (χ3v) is 8.45. The van der Waals surface area contributed by atoms with Gasteiger partial charge in [0.05, 0.1) is 16.4 Å². The fraction of sp³-hybridized carbons (Fsp3) is 0.136. The largest absolute Gasteiger partial charge is 0.298 e. The van der Waals surface area contributed by atoms with Crippen molar-refractivity contribution in [1.29, 1.82) is 0 Å². The molecule has 2 aromatic carbocycles. The van der Waals surface area contributed by atoms with Gasteiger partial charge in [-0.05, 0) is 47.5 Å². The van der Waals surface area contributed by atoms with Crippen LogP contribution in [-0.4, -0.2) is 31.8 Å². The number of fused-ring (bicyclic) bond motifs is 1. The van der Waals surface area contributed by atoms with Gasteiger partial charge >= 0.3 is 0 Å². The van der Waals surface area contributed by atoms with Crippen LogP contribution in [0.3, 0.4) is 0 Å². The highest BCUT2D eigenvalue weighted by atomic mass is 35.5. The smallest absolute Gasteiger partial charge is 0.265 e. The van der Waals surface area contributed by atoms with Gasteiger partial charge in [-0.1, -0.05) is 23.7 Å². The second-order valence-corrected chi connectivity index (χ2v) is 11.3. The number of rotatable bonds is 6. The molecule has 6 nitrogen and oxygen atoms in total. The maximum Gasteiger partial charge on any atom is 0.265 e. The zero-order valence-electron chi connectivity index (χ0n) is 16.7. The zero-order valence-corrected chi connectivity index (χ0v) is 19.1. The summed E-state index contributed by atoms with van der Waals surface area (Å²) < 4.78 is 53.3. The molecule has 0 aliphatic carbocycles. The van der Waals surface area contributed by atoms with E-state index in [9.17, 15) is 31.6 Å². The van der Waals surface area contributed by atoms with Crippen molar-refractivity contribution in [2.24, 2.45) is 0 Å². The maximum absolute atomic E-state index is 14.8. The van der Waals surface area contributed by atoms with Crippen molar-refractivity contribution in [3.63, 3.8) is 0 Å². The number of nitrogens with zero attached hydrogens (tertiary/aromatic N) is 1. The molecule has 3 aromatic rings. The molecule has 0 saturated heterocycles. The number of carbonyl (C=O) groups is 3. The number of hydrogen-bond acceptors (Lipinski definition) is 6. The van der Waals surface area contributed by atoms with Crippen LogP contribution in [0.4, 0.5) is 14.5 Å². The van der Waals surface area contributed by atoms with Gasteiger partial charge < -0.3 is 0 Å². The fourth-order valence-electron chi connectivity index (χ4n) is 3.49. The third-order valence-electron chi connectivity index (χ3n) is 4.96. The summed E-state index contributed by atoms with van der Waals surface area (Å²) in [6.07, 6.45) is -0.572. The van der Waals surface area contributed by atoms with Crippen LogP contribution in [0.1, 0.15) is 21.5 Å². The number of carbonyl (C=O) groups excluding carboxylic acids is 3. The maximum atomic E-state index is 14.8. The number of amides is 2. The van der Waals surface area contributed by atoms with Crippen molar-refractivity contribution in [2.75, 3.05) is 10.7 Å². The molecule has 170 valence electrons. The van der Waals surface area contributed by atoms with Crippen LogP contribution in [0.5, 0.6) is 0 Å². The summed E-state index contributed by atoms with van der Waals surface area (Å²) in [6.45, 7) is 0. The van der Waals surface area contributed by atoms with E-state index in [-0.39, 0.29) is 38.2 Å². The van der Waals surface area contributed by atoms with Crippen LogP contribution in [0, 0.1) is 11.6 Å². The number of benzene rings is 2. The molecule has 4 rings (SSSR count). The van der Waals surface area contributed by atoms with Gasteiger partial charge in [-0.3, -0.25) is 14.4 Å². The Morgan fingerprint density at radius 3 is 2.48 bits per heavy atom. The zero-order chi connectivity index (χ0) is 23.9. The minimum atomic E-state index is -3.88. The highest BCUT2D eigenvalue weighted by molar-refractivity contribution is 7.94.